The van der Waals surface area contributed by atoms with E-state index >= 15 is 0 Å². The molecule has 2 fully saturated rings. The maximum atomic E-state index is 12.4. The third-order valence-electron chi connectivity index (χ3n) is 4.61. The van der Waals surface area contributed by atoms with Gasteiger partial charge in [0.1, 0.15) is 0 Å². The van der Waals surface area contributed by atoms with E-state index in [4.69, 9.17) is 5.11 Å². The fourth-order valence-corrected chi connectivity index (χ4v) is 4.85. The van der Waals surface area contributed by atoms with E-state index in [1.165, 1.54) is 30.0 Å². The summed E-state index contributed by atoms with van der Waals surface area (Å²) in [6.45, 7) is 1.78. The summed E-state index contributed by atoms with van der Waals surface area (Å²) in [5.74, 6) is 1.30. The van der Waals surface area contributed by atoms with Gasteiger partial charge < -0.3 is 5.11 Å². The lowest BCUT2D eigenvalue weighted by atomic mass is 9.76. The normalized spacial score (nSPS) is 29.4. The van der Waals surface area contributed by atoms with Gasteiger partial charge in [0.05, 0.1) is 0 Å². The van der Waals surface area contributed by atoms with E-state index in [0.29, 0.717) is 32.0 Å². The first-order valence-electron chi connectivity index (χ1n) is 7.38. The molecule has 1 N–H and O–H groups in total. The minimum absolute atomic E-state index is 0.0323. The van der Waals surface area contributed by atoms with E-state index < -0.39 is 10.2 Å². The number of hydrogen-bond acceptors (Lipinski definition) is 3. The van der Waals surface area contributed by atoms with Crippen molar-refractivity contribution < 1.29 is 13.5 Å². The van der Waals surface area contributed by atoms with Crippen LogP contribution in [0.3, 0.4) is 0 Å². The molecule has 1 saturated carbocycles. The van der Waals surface area contributed by atoms with Crippen LogP contribution in [0.2, 0.25) is 0 Å². The van der Waals surface area contributed by atoms with Gasteiger partial charge in [-0.3, -0.25) is 0 Å². The summed E-state index contributed by atoms with van der Waals surface area (Å²) in [5.41, 5.74) is 0. The molecular formula is C13H26N2O3S. The highest BCUT2D eigenvalue weighted by atomic mass is 32.2. The predicted octanol–water partition coefficient (Wildman–Crippen LogP) is 1.06. The van der Waals surface area contributed by atoms with Crippen LogP contribution in [-0.2, 0) is 10.2 Å². The van der Waals surface area contributed by atoms with E-state index in [-0.39, 0.29) is 6.61 Å². The second-order valence-electron chi connectivity index (χ2n) is 5.86. The maximum absolute atomic E-state index is 12.4. The zero-order valence-corrected chi connectivity index (χ0v) is 12.6. The van der Waals surface area contributed by atoms with E-state index in [2.05, 4.69) is 0 Å². The molecule has 1 heterocycles. The Morgan fingerprint density at radius 2 is 1.89 bits per heavy atom. The Morgan fingerprint density at radius 1 is 1.21 bits per heavy atom. The van der Waals surface area contributed by atoms with Crippen molar-refractivity contribution in [1.29, 1.82) is 0 Å². The number of nitrogens with zero attached hydrogens (tertiary/aromatic N) is 2. The predicted molar refractivity (Wildman–Crippen MR) is 74.9 cm³/mol. The lowest BCUT2D eigenvalue weighted by Gasteiger charge is -2.41. The Bertz CT molecular complexity index is 385. The zero-order chi connectivity index (χ0) is 13.9. The van der Waals surface area contributed by atoms with Gasteiger partial charge in [-0.1, -0.05) is 19.3 Å². The molecule has 0 bridgehead atoms. The van der Waals surface area contributed by atoms with Crippen LogP contribution >= 0.6 is 0 Å². The van der Waals surface area contributed by atoms with Crippen molar-refractivity contribution in [2.24, 2.45) is 11.8 Å². The second-order valence-corrected chi connectivity index (χ2v) is 7.89. The maximum Gasteiger partial charge on any atom is 0.281 e. The summed E-state index contributed by atoms with van der Waals surface area (Å²) >= 11 is 0. The Hall–Kier alpha value is -0.170. The fraction of sp³-hybridized carbons (Fsp3) is 1.00. The van der Waals surface area contributed by atoms with Gasteiger partial charge in [0.2, 0.25) is 0 Å². The summed E-state index contributed by atoms with van der Waals surface area (Å²) in [7, 11) is -1.72. The number of aliphatic hydroxyl groups is 1. The van der Waals surface area contributed by atoms with E-state index in [0.717, 1.165) is 12.3 Å². The Morgan fingerprint density at radius 3 is 2.58 bits per heavy atom. The summed E-state index contributed by atoms with van der Waals surface area (Å²) in [6.07, 6.45) is 6.52. The zero-order valence-electron chi connectivity index (χ0n) is 11.8. The Kier molecular flexibility index (Phi) is 5.22. The first kappa shape index (κ1) is 15.2. The van der Waals surface area contributed by atoms with Crippen molar-refractivity contribution >= 4 is 10.2 Å². The molecule has 1 aliphatic heterocycles. The van der Waals surface area contributed by atoms with Crippen molar-refractivity contribution in [3.63, 3.8) is 0 Å². The smallest absolute Gasteiger partial charge is 0.281 e. The molecule has 0 aromatic carbocycles. The van der Waals surface area contributed by atoms with Gasteiger partial charge in [-0.15, -0.1) is 0 Å². The lowest BCUT2D eigenvalue weighted by Crippen LogP contribution is -2.49. The van der Waals surface area contributed by atoms with Gasteiger partial charge in [0, 0.05) is 33.3 Å². The third kappa shape index (κ3) is 3.48. The minimum Gasteiger partial charge on any atom is -0.396 e. The highest BCUT2D eigenvalue weighted by molar-refractivity contribution is 7.86. The van der Waals surface area contributed by atoms with E-state index in [1.54, 1.807) is 11.4 Å². The number of rotatable bonds is 5. The monoisotopic (exact) mass is 290 g/mol. The molecule has 0 aromatic heterocycles. The molecule has 2 unspecified atom stereocenters. The topological polar surface area (TPSA) is 60.9 Å². The van der Waals surface area contributed by atoms with E-state index in [9.17, 15) is 8.42 Å². The molecule has 2 aliphatic rings. The Balaban J connectivity index is 1.97. The molecule has 0 aromatic rings. The number of fused-ring (bicyclic) bond motifs is 1. The Labute approximate surface area is 116 Å². The molecule has 6 heteroatoms. The SMILES string of the molecule is CN(CCCO)S(=O)(=O)N1CCC2CCCCC2C1. The lowest BCUT2D eigenvalue weighted by molar-refractivity contribution is 0.132. The van der Waals surface area contributed by atoms with Crippen molar-refractivity contribution in [2.45, 2.75) is 38.5 Å². The van der Waals surface area contributed by atoms with Gasteiger partial charge in [-0.25, -0.2) is 0 Å². The molecular weight excluding hydrogens is 264 g/mol. The van der Waals surface area contributed by atoms with Crippen LogP contribution < -0.4 is 0 Å². The summed E-state index contributed by atoms with van der Waals surface area (Å²) in [5, 5.41) is 8.81. The van der Waals surface area contributed by atoms with Crippen LogP contribution in [0.5, 0.6) is 0 Å². The first-order chi connectivity index (χ1) is 9.05. The molecule has 0 radical (unpaired) electrons. The molecule has 2 atom stereocenters. The van der Waals surface area contributed by atoms with Crippen molar-refractivity contribution in [2.75, 3.05) is 33.3 Å². The average Bonchev–Trinajstić information content (AvgIpc) is 2.44. The highest BCUT2D eigenvalue weighted by Crippen LogP contribution is 2.37. The van der Waals surface area contributed by atoms with Crippen LogP contribution in [0.25, 0.3) is 0 Å². The van der Waals surface area contributed by atoms with E-state index in [1.807, 2.05) is 0 Å². The standard InChI is InChI=1S/C13H26N2O3S/c1-14(8-4-10-16)19(17,18)15-9-7-12-5-2-3-6-13(12)11-15/h12-13,16H,2-11H2,1H3. The largest absolute Gasteiger partial charge is 0.396 e. The van der Waals surface area contributed by atoms with Crippen LogP contribution in [-0.4, -0.2) is 55.4 Å². The quantitative estimate of drug-likeness (QED) is 0.823. The molecule has 0 spiro atoms. The van der Waals surface area contributed by atoms with Crippen molar-refractivity contribution in [3.8, 4) is 0 Å². The molecule has 1 saturated heterocycles. The third-order valence-corrected chi connectivity index (χ3v) is 6.56. The van der Waals surface area contributed by atoms with Crippen LogP contribution in [0.1, 0.15) is 38.5 Å². The number of aliphatic hydroxyl groups excluding tert-OH is 1. The molecule has 1 aliphatic carbocycles. The number of piperidine rings is 1. The fourth-order valence-electron chi connectivity index (χ4n) is 3.38. The molecule has 19 heavy (non-hydrogen) atoms. The van der Waals surface area contributed by atoms with Crippen LogP contribution in [0.4, 0.5) is 0 Å². The number of hydrogen-bond donors (Lipinski definition) is 1. The summed E-state index contributed by atoms with van der Waals surface area (Å²) in [4.78, 5) is 0. The van der Waals surface area contributed by atoms with Gasteiger partial charge in [-0.05, 0) is 31.1 Å². The molecule has 0 amide bonds. The average molecular weight is 290 g/mol. The van der Waals surface area contributed by atoms with Gasteiger partial charge in [0.25, 0.3) is 10.2 Å². The molecule has 2 rings (SSSR count). The van der Waals surface area contributed by atoms with Crippen LogP contribution in [0, 0.1) is 11.8 Å². The summed E-state index contributed by atoms with van der Waals surface area (Å²) < 4.78 is 27.9. The van der Waals surface area contributed by atoms with Gasteiger partial charge in [-0.2, -0.15) is 17.0 Å². The van der Waals surface area contributed by atoms with Crippen molar-refractivity contribution in [3.05, 3.63) is 0 Å². The molecule has 5 nitrogen and oxygen atoms in total. The minimum atomic E-state index is -3.33. The van der Waals surface area contributed by atoms with Gasteiger partial charge >= 0.3 is 0 Å². The highest BCUT2D eigenvalue weighted by Gasteiger charge is 2.37. The summed E-state index contributed by atoms with van der Waals surface area (Å²) in [6, 6.07) is 0. The first-order valence-corrected chi connectivity index (χ1v) is 8.77. The second kappa shape index (κ2) is 6.52. The van der Waals surface area contributed by atoms with Gasteiger partial charge in [0.15, 0.2) is 0 Å². The molecule has 112 valence electrons. The van der Waals surface area contributed by atoms with Crippen LogP contribution in [0.15, 0.2) is 0 Å². The van der Waals surface area contributed by atoms with Crippen molar-refractivity contribution in [1.82, 2.24) is 8.61 Å².